The number of nitrogens with two attached hydrogens (primary N) is 1. The second kappa shape index (κ2) is 4.46. The normalized spacial score (nSPS) is 18.4. The first-order chi connectivity index (χ1) is 8.76. The van der Waals surface area contributed by atoms with Crippen LogP contribution in [-0.4, -0.2) is 18.1 Å². The molecule has 18 heavy (non-hydrogen) atoms. The molecule has 0 saturated carbocycles. The standard InChI is InChI=1S/C14H16N2O2/c1-17-11-4-2-3-9(7-11)14-16-12-8-10(15)5-6-13(12)18-14/h2-4,7,10H,5-6,8,15H2,1H3. The number of rotatable bonds is 2. The van der Waals surface area contributed by atoms with E-state index in [0.717, 1.165) is 42.0 Å². The van der Waals surface area contributed by atoms with Gasteiger partial charge in [0.2, 0.25) is 5.89 Å². The summed E-state index contributed by atoms with van der Waals surface area (Å²) in [6, 6.07) is 7.95. The molecule has 1 aliphatic rings. The third kappa shape index (κ3) is 1.99. The molecular formula is C14H16N2O2. The number of hydrogen-bond donors (Lipinski definition) is 1. The Labute approximate surface area is 106 Å². The van der Waals surface area contributed by atoms with Crippen LogP contribution in [0.4, 0.5) is 0 Å². The Kier molecular flexibility index (Phi) is 2.80. The molecule has 1 atom stereocenters. The molecule has 0 saturated heterocycles. The van der Waals surface area contributed by atoms with Crippen molar-refractivity contribution < 1.29 is 9.15 Å². The van der Waals surface area contributed by atoms with Gasteiger partial charge in [0.05, 0.1) is 12.8 Å². The van der Waals surface area contributed by atoms with E-state index >= 15 is 0 Å². The molecule has 4 heteroatoms. The van der Waals surface area contributed by atoms with Gasteiger partial charge in [-0.1, -0.05) is 6.07 Å². The second-order valence-electron chi connectivity index (χ2n) is 4.62. The summed E-state index contributed by atoms with van der Waals surface area (Å²) in [5.74, 6) is 2.45. The second-order valence-corrected chi connectivity index (χ2v) is 4.62. The molecule has 0 radical (unpaired) electrons. The van der Waals surface area contributed by atoms with Gasteiger partial charge < -0.3 is 14.9 Å². The number of fused-ring (bicyclic) bond motifs is 1. The van der Waals surface area contributed by atoms with E-state index in [1.165, 1.54) is 0 Å². The highest BCUT2D eigenvalue weighted by atomic mass is 16.5. The van der Waals surface area contributed by atoms with E-state index in [9.17, 15) is 0 Å². The largest absolute Gasteiger partial charge is 0.497 e. The molecule has 0 aliphatic heterocycles. The Balaban J connectivity index is 1.97. The Hall–Kier alpha value is -1.81. The van der Waals surface area contributed by atoms with Gasteiger partial charge in [-0.15, -0.1) is 0 Å². The molecule has 0 spiro atoms. The van der Waals surface area contributed by atoms with Crippen molar-refractivity contribution in [3.05, 3.63) is 35.7 Å². The van der Waals surface area contributed by atoms with Crippen molar-refractivity contribution in [3.63, 3.8) is 0 Å². The van der Waals surface area contributed by atoms with E-state index in [4.69, 9.17) is 14.9 Å². The first-order valence-electron chi connectivity index (χ1n) is 6.15. The SMILES string of the molecule is COc1cccc(-c2nc3c(o2)CCC(N)C3)c1. The minimum atomic E-state index is 0.209. The zero-order valence-electron chi connectivity index (χ0n) is 10.3. The maximum absolute atomic E-state index is 5.94. The van der Waals surface area contributed by atoms with Gasteiger partial charge in [-0.25, -0.2) is 4.98 Å². The van der Waals surface area contributed by atoms with Crippen LogP contribution < -0.4 is 10.5 Å². The molecule has 94 valence electrons. The van der Waals surface area contributed by atoms with Crippen LogP contribution in [0.15, 0.2) is 28.7 Å². The number of oxazole rings is 1. The highest BCUT2D eigenvalue weighted by molar-refractivity contribution is 5.56. The van der Waals surface area contributed by atoms with Crippen molar-refractivity contribution in [2.75, 3.05) is 7.11 Å². The van der Waals surface area contributed by atoms with Crippen LogP contribution in [0.25, 0.3) is 11.5 Å². The van der Waals surface area contributed by atoms with Crippen molar-refractivity contribution in [2.24, 2.45) is 5.73 Å². The van der Waals surface area contributed by atoms with Crippen molar-refractivity contribution in [1.82, 2.24) is 4.98 Å². The average molecular weight is 244 g/mol. The maximum Gasteiger partial charge on any atom is 0.226 e. The van der Waals surface area contributed by atoms with Gasteiger partial charge in [-0.3, -0.25) is 0 Å². The van der Waals surface area contributed by atoms with Crippen LogP contribution in [0.5, 0.6) is 5.75 Å². The lowest BCUT2D eigenvalue weighted by Gasteiger charge is -2.14. The third-order valence-corrected chi connectivity index (χ3v) is 3.29. The zero-order valence-corrected chi connectivity index (χ0v) is 10.3. The van der Waals surface area contributed by atoms with Gasteiger partial charge in [0.15, 0.2) is 0 Å². The van der Waals surface area contributed by atoms with Crippen molar-refractivity contribution >= 4 is 0 Å². The number of benzene rings is 1. The Bertz CT molecular complexity index is 563. The summed E-state index contributed by atoms with van der Waals surface area (Å²) in [7, 11) is 1.65. The van der Waals surface area contributed by atoms with Crippen LogP contribution in [-0.2, 0) is 12.8 Å². The molecule has 0 fully saturated rings. The Morgan fingerprint density at radius 1 is 1.44 bits per heavy atom. The van der Waals surface area contributed by atoms with Crippen LogP contribution in [0.3, 0.4) is 0 Å². The lowest BCUT2D eigenvalue weighted by atomic mass is 9.98. The summed E-state index contributed by atoms with van der Waals surface area (Å²) in [5.41, 5.74) is 7.89. The lowest BCUT2D eigenvalue weighted by Crippen LogP contribution is -2.27. The molecule has 0 bridgehead atoms. The van der Waals surface area contributed by atoms with Gasteiger partial charge in [-0.05, 0) is 24.6 Å². The van der Waals surface area contributed by atoms with Gasteiger partial charge in [-0.2, -0.15) is 0 Å². The number of nitrogens with zero attached hydrogens (tertiary/aromatic N) is 1. The summed E-state index contributed by atoms with van der Waals surface area (Å²) >= 11 is 0. The Morgan fingerprint density at radius 2 is 2.33 bits per heavy atom. The fraction of sp³-hybridized carbons (Fsp3) is 0.357. The summed E-state index contributed by atoms with van der Waals surface area (Å²) in [4.78, 5) is 4.54. The van der Waals surface area contributed by atoms with E-state index in [1.807, 2.05) is 24.3 Å². The zero-order chi connectivity index (χ0) is 12.5. The van der Waals surface area contributed by atoms with E-state index in [0.29, 0.717) is 5.89 Å². The van der Waals surface area contributed by atoms with Crippen molar-refractivity contribution in [2.45, 2.75) is 25.3 Å². The summed E-state index contributed by atoms with van der Waals surface area (Å²) in [6.45, 7) is 0. The minimum Gasteiger partial charge on any atom is -0.497 e. The number of aryl methyl sites for hydroxylation is 1. The van der Waals surface area contributed by atoms with Crippen LogP contribution in [0, 0.1) is 0 Å². The molecule has 1 aromatic heterocycles. The van der Waals surface area contributed by atoms with Gasteiger partial charge >= 0.3 is 0 Å². The van der Waals surface area contributed by atoms with E-state index < -0.39 is 0 Å². The molecule has 2 aromatic rings. The van der Waals surface area contributed by atoms with Gasteiger partial charge in [0, 0.05) is 24.4 Å². The molecule has 2 N–H and O–H groups in total. The van der Waals surface area contributed by atoms with Crippen molar-refractivity contribution in [3.8, 4) is 17.2 Å². The quantitative estimate of drug-likeness (QED) is 0.879. The smallest absolute Gasteiger partial charge is 0.226 e. The number of hydrogen-bond acceptors (Lipinski definition) is 4. The van der Waals surface area contributed by atoms with Crippen LogP contribution in [0.1, 0.15) is 17.9 Å². The monoisotopic (exact) mass is 244 g/mol. The molecule has 0 amide bonds. The van der Waals surface area contributed by atoms with E-state index in [-0.39, 0.29) is 6.04 Å². The molecule has 1 heterocycles. The number of methoxy groups -OCH3 is 1. The summed E-state index contributed by atoms with van der Waals surface area (Å²) in [6.07, 6.45) is 2.66. The molecule has 1 unspecified atom stereocenters. The predicted molar refractivity (Wildman–Crippen MR) is 68.5 cm³/mol. The first-order valence-corrected chi connectivity index (χ1v) is 6.15. The maximum atomic E-state index is 5.94. The lowest BCUT2D eigenvalue weighted by molar-refractivity contribution is 0.414. The number of ether oxygens (including phenoxy) is 1. The van der Waals surface area contributed by atoms with Crippen LogP contribution >= 0.6 is 0 Å². The molecule has 1 aliphatic carbocycles. The molecular weight excluding hydrogens is 228 g/mol. The fourth-order valence-corrected chi connectivity index (χ4v) is 2.28. The highest BCUT2D eigenvalue weighted by Crippen LogP contribution is 2.28. The van der Waals surface area contributed by atoms with Crippen molar-refractivity contribution in [1.29, 1.82) is 0 Å². The first kappa shape index (κ1) is 11.3. The van der Waals surface area contributed by atoms with Gasteiger partial charge in [0.1, 0.15) is 11.5 Å². The molecule has 3 rings (SSSR count). The Morgan fingerprint density at radius 3 is 3.17 bits per heavy atom. The van der Waals surface area contributed by atoms with Crippen LogP contribution in [0.2, 0.25) is 0 Å². The number of aromatic nitrogens is 1. The van der Waals surface area contributed by atoms with Gasteiger partial charge in [0.25, 0.3) is 0 Å². The summed E-state index contributed by atoms with van der Waals surface area (Å²) < 4.78 is 11.0. The topological polar surface area (TPSA) is 61.3 Å². The average Bonchev–Trinajstić information content (AvgIpc) is 2.81. The third-order valence-electron chi connectivity index (χ3n) is 3.29. The highest BCUT2D eigenvalue weighted by Gasteiger charge is 2.22. The summed E-state index contributed by atoms with van der Waals surface area (Å²) in [5, 5.41) is 0. The molecule has 4 nitrogen and oxygen atoms in total. The molecule has 1 aromatic carbocycles. The van der Waals surface area contributed by atoms with E-state index in [2.05, 4.69) is 4.98 Å². The minimum absolute atomic E-state index is 0.209. The van der Waals surface area contributed by atoms with E-state index in [1.54, 1.807) is 7.11 Å². The fourth-order valence-electron chi connectivity index (χ4n) is 2.28. The predicted octanol–water partition coefficient (Wildman–Crippen LogP) is 2.17.